The zero-order valence-corrected chi connectivity index (χ0v) is 13.7. The number of hydrogen-bond acceptors (Lipinski definition) is 5. The highest BCUT2D eigenvalue weighted by atomic mass is 16.2. The van der Waals surface area contributed by atoms with Gasteiger partial charge in [-0.2, -0.15) is 10.4 Å². The van der Waals surface area contributed by atoms with E-state index in [1.54, 1.807) is 23.0 Å². The number of nitrogen functional groups attached to an aromatic ring is 1. The molecule has 0 saturated carbocycles. The first-order chi connectivity index (χ1) is 12.1. The molecule has 0 fully saturated rings. The highest BCUT2D eigenvalue weighted by Crippen LogP contribution is 2.28. The molecule has 0 aliphatic rings. The first-order valence-corrected chi connectivity index (χ1v) is 7.72. The molecule has 0 saturated heterocycles. The summed E-state index contributed by atoms with van der Waals surface area (Å²) in [6.07, 6.45) is 3.56. The zero-order valence-electron chi connectivity index (χ0n) is 13.7. The van der Waals surface area contributed by atoms with Crippen molar-refractivity contribution in [2.45, 2.75) is 13.3 Å². The Bertz CT molecular complexity index is 971. The minimum Gasteiger partial charge on any atom is -0.398 e. The van der Waals surface area contributed by atoms with Gasteiger partial charge in [0, 0.05) is 30.2 Å². The smallest absolute Gasteiger partial charge is 0.319 e. The van der Waals surface area contributed by atoms with E-state index in [2.05, 4.69) is 20.7 Å². The van der Waals surface area contributed by atoms with Gasteiger partial charge in [0.15, 0.2) is 5.65 Å². The van der Waals surface area contributed by atoms with Crippen molar-refractivity contribution in [2.24, 2.45) is 0 Å². The van der Waals surface area contributed by atoms with Crippen molar-refractivity contribution in [2.75, 3.05) is 17.6 Å². The Labute approximate surface area is 144 Å². The third-order valence-electron chi connectivity index (χ3n) is 3.78. The number of carbonyl (C=O) groups is 1. The molecule has 8 heteroatoms. The molecule has 2 amide bonds. The van der Waals surface area contributed by atoms with Gasteiger partial charge in [-0.1, -0.05) is 12.1 Å². The summed E-state index contributed by atoms with van der Waals surface area (Å²) in [5.74, 6) is 0. The van der Waals surface area contributed by atoms with Crippen LogP contribution < -0.4 is 16.4 Å². The van der Waals surface area contributed by atoms with Gasteiger partial charge in [0.25, 0.3) is 0 Å². The number of carbonyl (C=O) groups excluding carboxylic acids is 1. The number of hydrogen-bond donors (Lipinski definition) is 3. The molecular formula is C17H17N7O. The lowest BCUT2D eigenvalue weighted by atomic mass is 10.0. The van der Waals surface area contributed by atoms with Crippen molar-refractivity contribution in [1.82, 2.24) is 19.9 Å². The van der Waals surface area contributed by atoms with Crippen molar-refractivity contribution in [3.8, 4) is 17.3 Å². The molecule has 1 aromatic carbocycles. The molecule has 0 radical (unpaired) electrons. The van der Waals surface area contributed by atoms with Crippen molar-refractivity contribution >= 4 is 23.1 Å². The van der Waals surface area contributed by atoms with E-state index in [9.17, 15) is 4.79 Å². The van der Waals surface area contributed by atoms with Crippen LogP contribution >= 0.6 is 0 Å². The number of nitriles is 1. The number of amides is 2. The van der Waals surface area contributed by atoms with Crippen LogP contribution in [-0.4, -0.2) is 27.2 Å². The second kappa shape index (κ2) is 6.88. The Hall–Kier alpha value is -3.60. The van der Waals surface area contributed by atoms with Gasteiger partial charge in [0.05, 0.1) is 23.9 Å². The minimum absolute atomic E-state index is 0.246. The predicted molar refractivity (Wildman–Crippen MR) is 94.8 cm³/mol. The van der Waals surface area contributed by atoms with Crippen LogP contribution in [0.2, 0.25) is 0 Å². The minimum atomic E-state index is -0.401. The summed E-state index contributed by atoms with van der Waals surface area (Å²) in [6.45, 7) is 2.20. The van der Waals surface area contributed by atoms with Crippen LogP contribution in [0.3, 0.4) is 0 Å². The lowest BCUT2D eigenvalue weighted by Gasteiger charge is -2.12. The molecule has 3 rings (SSSR count). The van der Waals surface area contributed by atoms with Gasteiger partial charge in [0.2, 0.25) is 0 Å². The van der Waals surface area contributed by atoms with Crippen LogP contribution in [0.1, 0.15) is 12.0 Å². The van der Waals surface area contributed by atoms with E-state index in [0.29, 0.717) is 22.7 Å². The number of urea groups is 1. The molecular weight excluding hydrogens is 318 g/mol. The summed E-state index contributed by atoms with van der Waals surface area (Å²) in [4.78, 5) is 16.2. The van der Waals surface area contributed by atoms with Crippen LogP contribution in [0.15, 0.2) is 36.7 Å². The second-order valence-electron chi connectivity index (χ2n) is 5.45. The second-order valence-corrected chi connectivity index (χ2v) is 5.45. The van der Waals surface area contributed by atoms with Gasteiger partial charge in [0.1, 0.15) is 0 Å². The fourth-order valence-corrected chi connectivity index (χ4v) is 2.47. The zero-order chi connectivity index (χ0) is 17.8. The summed E-state index contributed by atoms with van der Waals surface area (Å²) < 4.78 is 1.60. The maximum Gasteiger partial charge on any atom is 0.319 e. The van der Waals surface area contributed by atoms with Crippen molar-refractivity contribution < 1.29 is 4.79 Å². The van der Waals surface area contributed by atoms with Crippen molar-refractivity contribution in [3.05, 3.63) is 42.2 Å². The van der Waals surface area contributed by atoms with Crippen LogP contribution in [0.25, 0.3) is 16.9 Å². The first kappa shape index (κ1) is 16.3. The number of rotatable bonds is 4. The van der Waals surface area contributed by atoms with Gasteiger partial charge in [-0.05, 0) is 24.6 Å². The van der Waals surface area contributed by atoms with Crippen molar-refractivity contribution in [1.29, 1.82) is 5.26 Å². The van der Waals surface area contributed by atoms with Gasteiger partial charge in [-0.25, -0.2) is 14.3 Å². The Kier molecular flexibility index (Phi) is 4.48. The Morgan fingerprint density at radius 1 is 1.44 bits per heavy atom. The summed E-state index contributed by atoms with van der Waals surface area (Å²) in [5, 5.41) is 18.5. The Morgan fingerprint density at radius 2 is 2.28 bits per heavy atom. The van der Waals surface area contributed by atoms with Gasteiger partial charge < -0.3 is 16.4 Å². The summed E-state index contributed by atoms with van der Waals surface area (Å²) in [7, 11) is 0. The van der Waals surface area contributed by atoms with E-state index >= 15 is 0 Å². The third kappa shape index (κ3) is 3.35. The molecule has 8 nitrogen and oxygen atoms in total. The molecule has 2 aromatic heterocycles. The van der Waals surface area contributed by atoms with E-state index in [1.807, 2.05) is 31.2 Å². The highest BCUT2D eigenvalue weighted by Gasteiger charge is 2.13. The summed E-state index contributed by atoms with van der Waals surface area (Å²) in [5.41, 5.74) is 10.2. The summed E-state index contributed by atoms with van der Waals surface area (Å²) in [6, 6.07) is 8.94. The number of nitrogens with zero attached hydrogens (tertiary/aromatic N) is 4. The van der Waals surface area contributed by atoms with Crippen LogP contribution in [0, 0.1) is 18.3 Å². The Morgan fingerprint density at radius 3 is 3.08 bits per heavy atom. The lowest BCUT2D eigenvalue weighted by molar-refractivity contribution is 0.252. The van der Waals surface area contributed by atoms with Gasteiger partial charge in [-0.15, -0.1) is 0 Å². The summed E-state index contributed by atoms with van der Waals surface area (Å²) >= 11 is 0. The maximum atomic E-state index is 12.0. The number of aromatic nitrogens is 3. The molecule has 126 valence electrons. The van der Waals surface area contributed by atoms with E-state index in [0.717, 1.165) is 11.1 Å². The van der Waals surface area contributed by atoms with Crippen LogP contribution in [0.4, 0.5) is 16.2 Å². The lowest BCUT2D eigenvalue weighted by Crippen LogP contribution is -2.29. The monoisotopic (exact) mass is 335 g/mol. The third-order valence-corrected chi connectivity index (χ3v) is 3.78. The van der Waals surface area contributed by atoms with Crippen LogP contribution in [-0.2, 0) is 0 Å². The molecule has 0 atom stereocenters. The fraction of sp³-hybridized carbons (Fsp3) is 0.176. The number of nitrogens with one attached hydrogen (secondary N) is 2. The average Bonchev–Trinajstić information content (AvgIpc) is 3.06. The number of fused-ring (bicyclic) bond motifs is 1. The predicted octanol–water partition coefficient (Wildman–Crippen LogP) is 2.32. The largest absolute Gasteiger partial charge is 0.398 e. The number of anilines is 2. The van der Waals surface area contributed by atoms with Crippen molar-refractivity contribution in [3.63, 3.8) is 0 Å². The standard InChI is InChI=1S/C17H17N7O/c1-11-12(4-2-5-13(11)19)14-10-15(16-20-8-9-24(16)23-14)22-17(25)21-7-3-6-18/h2,4-5,8-10H,3,7,19H2,1H3,(H2,21,22,25). The average molecular weight is 335 g/mol. The molecule has 2 heterocycles. The fourth-order valence-electron chi connectivity index (χ4n) is 2.47. The molecule has 0 unspecified atom stereocenters. The molecule has 4 N–H and O–H groups in total. The SMILES string of the molecule is Cc1c(N)cccc1-c1cc(NC(=O)NCCC#N)c2nccn2n1. The number of imidazole rings is 1. The van der Waals surface area contributed by atoms with E-state index < -0.39 is 6.03 Å². The normalized spacial score (nSPS) is 10.4. The topological polar surface area (TPSA) is 121 Å². The number of nitrogens with two attached hydrogens (primary N) is 1. The first-order valence-electron chi connectivity index (χ1n) is 7.72. The Balaban J connectivity index is 1.98. The molecule has 3 aromatic rings. The quantitative estimate of drug-likeness (QED) is 0.499. The molecule has 0 aliphatic heterocycles. The molecule has 25 heavy (non-hydrogen) atoms. The van der Waals surface area contributed by atoms with E-state index in [-0.39, 0.29) is 13.0 Å². The number of benzene rings is 1. The van der Waals surface area contributed by atoms with Gasteiger partial charge >= 0.3 is 6.03 Å². The molecule has 0 aliphatic carbocycles. The van der Waals surface area contributed by atoms with Gasteiger partial charge in [-0.3, -0.25) is 0 Å². The molecule has 0 spiro atoms. The van der Waals surface area contributed by atoms with Crippen LogP contribution in [0.5, 0.6) is 0 Å². The van der Waals surface area contributed by atoms with E-state index in [4.69, 9.17) is 11.0 Å². The molecule has 0 bridgehead atoms. The highest BCUT2D eigenvalue weighted by molar-refractivity contribution is 5.94. The maximum absolute atomic E-state index is 12.0. The van der Waals surface area contributed by atoms with E-state index in [1.165, 1.54) is 0 Å².